The molecule has 1 fully saturated rings. The van der Waals surface area contributed by atoms with Gasteiger partial charge in [0.2, 0.25) is 0 Å². The summed E-state index contributed by atoms with van der Waals surface area (Å²) in [5.41, 5.74) is 0. The summed E-state index contributed by atoms with van der Waals surface area (Å²) in [5, 5.41) is 28.2. The molecule has 0 aromatic rings. The molecular weight excluding hydrogens is 248 g/mol. The molecule has 0 radical (unpaired) electrons. The van der Waals surface area contributed by atoms with Crippen LogP contribution in [0.4, 0.5) is 0 Å². The van der Waals surface area contributed by atoms with Crippen LogP contribution < -0.4 is 0 Å². The molecule has 1 rings (SSSR count). The second-order valence-electron chi connectivity index (χ2n) is 5.22. The van der Waals surface area contributed by atoms with E-state index < -0.39 is 24.9 Å². The van der Waals surface area contributed by atoms with Gasteiger partial charge in [-0.2, -0.15) is 0 Å². The predicted molar refractivity (Wildman–Crippen MR) is 72.0 cm³/mol. The number of aliphatic hydroxyl groups is 3. The highest BCUT2D eigenvalue weighted by atomic mass is 16.6. The molecule has 0 aromatic heterocycles. The number of hydrogen-bond donors (Lipinski definition) is 3. The van der Waals surface area contributed by atoms with Crippen molar-refractivity contribution in [1.82, 2.24) is 0 Å². The second kappa shape index (κ2) is 9.66. The maximum atomic E-state index is 9.90. The lowest BCUT2D eigenvalue weighted by Gasteiger charge is -2.20. The van der Waals surface area contributed by atoms with Gasteiger partial charge in [-0.1, -0.05) is 39.0 Å². The van der Waals surface area contributed by atoms with E-state index in [4.69, 9.17) is 14.6 Å². The Kier molecular flexibility index (Phi) is 8.57. The van der Waals surface area contributed by atoms with Gasteiger partial charge in [0.05, 0.1) is 13.2 Å². The first-order chi connectivity index (χ1) is 9.20. The molecule has 114 valence electrons. The Morgan fingerprint density at radius 1 is 1.21 bits per heavy atom. The van der Waals surface area contributed by atoms with Crippen LogP contribution in [-0.4, -0.2) is 59.6 Å². The molecule has 19 heavy (non-hydrogen) atoms. The third kappa shape index (κ3) is 5.75. The van der Waals surface area contributed by atoms with Crippen LogP contribution in [0.2, 0.25) is 0 Å². The molecule has 0 saturated carbocycles. The van der Waals surface area contributed by atoms with Gasteiger partial charge in [0, 0.05) is 6.61 Å². The fourth-order valence-electron chi connectivity index (χ4n) is 2.32. The molecule has 0 aliphatic carbocycles. The normalized spacial score (nSPS) is 28.7. The van der Waals surface area contributed by atoms with Gasteiger partial charge in [0.25, 0.3) is 0 Å². The second-order valence-corrected chi connectivity index (χ2v) is 5.22. The zero-order valence-corrected chi connectivity index (χ0v) is 11.8. The number of aliphatic hydroxyl groups excluding tert-OH is 3. The van der Waals surface area contributed by atoms with Gasteiger partial charge < -0.3 is 24.8 Å². The summed E-state index contributed by atoms with van der Waals surface area (Å²) in [6.07, 6.45) is 4.14. The average molecular weight is 276 g/mol. The average Bonchev–Trinajstić information content (AvgIpc) is 2.78. The van der Waals surface area contributed by atoms with Gasteiger partial charge in [-0.15, -0.1) is 0 Å². The van der Waals surface area contributed by atoms with Crippen molar-refractivity contribution in [2.75, 3.05) is 19.8 Å². The van der Waals surface area contributed by atoms with Gasteiger partial charge in [-0.3, -0.25) is 0 Å². The van der Waals surface area contributed by atoms with Gasteiger partial charge in [-0.05, 0) is 6.42 Å². The maximum Gasteiger partial charge on any atom is 0.114 e. The van der Waals surface area contributed by atoms with E-state index in [0.717, 1.165) is 12.8 Å². The first-order valence-corrected chi connectivity index (χ1v) is 7.40. The maximum absolute atomic E-state index is 9.90. The predicted octanol–water partition coefficient (Wildman–Crippen LogP) is 0.845. The molecule has 1 heterocycles. The van der Waals surface area contributed by atoms with E-state index in [1.54, 1.807) is 0 Å². The summed E-state index contributed by atoms with van der Waals surface area (Å²) < 4.78 is 10.8. The summed E-state index contributed by atoms with van der Waals surface area (Å²) in [6.45, 7) is 2.67. The Morgan fingerprint density at radius 2 is 1.89 bits per heavy atom. The Labute approximate surface area is 115 Å². The first-order valence-electron chi connectivity index (χ1n) is 7.40. The van der Waals surface area contributed by atoms with E-state index >= 15 is 0 Å². The third-order valence-electron chi connectivity index (χ3n) is 3.57. The van der Waals surface area contributed by atoms with E-state index in [0.29, 0.717) is 6.61 Å². The van der Waals surface area contributed by atoms with Crippen LogP contribution in [0.15, 0.2) is 0 Å². The highest BCUT2D eigenvalue weighted by Crippen LogP contribution is 2.20. The molecule has 1 saturated heterocycles. The van der Waals surface area contributed by atoms with Crippen molar-refractivity contribution >= 4 is 0 Å². The molecule has 0 aromatic carbocycles. The summed E-state index contributed by atoms with van der Waals surface area (Å²) in [5.74, 6) is 0. The van der Waals surface area contributed by atoms with Crippen molar-refractivity contribution in [2.45, 2.75) is 69.9 Å². The first kappa shape index (κ1) is 16.9. The molecule has 4 atom stereocenters. The van der Waals surface area contributed by atoms with Crippen LogP contribution in [0.5, 0.6) is 0 Å². The standard InChI is InChI=1S/C14H28O5/c1-2-3-4-5-6-7-8-18-12-10-19-14(13(12)17)11(16)9-15/h11-17H,2-10H2,1H3/t11-,12+,13+,14+/m0/s1. The molecule has 1 aliphatic heterocycles. The quantitative estimate of drug-likeness (QED) is 0.515. The lowest BCUT2D eigenvalue weighted by molar-refractivity contribution is -0.0730. The van der Waals surface area contributed by atoms with E-state index in [-0.39, 0.29) is 12.7 Å². The minimum absolute atomic E-state index is 0.277. The van der Waals surface area contributed by atoms with E-state index in [9.17, 15) is 10.2 Å². The Balaban J connectivity index is 2.07. The Bertz CT molecular complexity index is 224. The van der Waals surface area contributed by atoms with Crippen LogP contribution >= 0.6 is 0 Å². The summed E-state index contributed by atoms with van der Waals surface area (Å²) >= 11 is 0. The van der Waals surface area contributed by atoms with Crippen molar-refractivity contribution in [3.63, 3.8) is 0 Å². The third-order valence-corrected chi connectivity index (χ3v) is 3.57. The highest BCUT2D eigenvalue weighted by Gasteiger charge is 2.40. The number of ether oxygens (including phenoxy) is 2. The van der Waals surface area contributed by atoms with Crippen molar-refractivity contribution in [3.8, 4) is 0 Å². The Morgan fingerprint density at radius 3 is 2.58 bits per heavy atom. The molecule has 0 unspecified atom stereocenters. The molecule has 0 bridgehead atoms. The molecular formula is C14H28O5. The topological polar surface area (TPSA) is 79.2 Å². The summed E-state index contributed by atoms with van der Waals surface area (Å²) in [7, 11) is 0. The molecule has 0 amide bonds. The van der Waals surface area contributed by atoms with Crippen LogP contribution in [0.1, 0.15) is 45.4 Å². The SMILES string of the molecule is CCCCCCCCO[C@@H]1CO[C@H]([C@@H](O)CO)[C@@H]1O. The molecule has 5 heteroatoms. The molecule has 3 N–H and O–H groups in total. The number of unbranched alkanes of at least 4 members (excludes halogenated alkanes) is 5. The fraction of sp³-hybridized carbons (Fsp3) is 1.00. The minimum atomic E-state index is -1.04. The largest absolute Gasteiger partial charge is 0.394 e. The van der Waals surface area contributed by atoms with Crippen LogP contribution in [0, 0.1) is 0 Å². The lowest BCUT2D eigenvalue weighted by Crippen LogP contribution is -2.41. The molecule has 0 spiro atoms. The van der Waals surface area contributed by atoms with E-state index in [1.807, 2.05) is 0 Å². The van der Waals surface area contributed by atoms with Crippen molar-refractivity contribution in [1.29, 1.82) is 0 Å². The Hall–Kier alpha value is -0.200. The lowest BCUT2D eigenvalue weighted by atomic mass is 10.1. The summed E-state index contributed by atoms with van der Waals surface area (Å²) in [4.78, 5) is 0. The monoisotopic (exact) mass is 276 g/mol. The molecule has 5 nitrogen and oxygen atoms in total. The van der Waals surface area contributed by atoms with E-state index in [2.05, 4.69) is 6.92 Å². The van der Waals surface area contributed by atoms with Gasteiger partial charge in [0.15, 0.2) is 0 Å². The van der Waals surface area contributed by atoms with Gasteiger partial charge in [-0.25, -0.2) is 0 Å². The zero-order valence-electron chi connectivity index (χ0n) is 11.8. The minimum Gasteiger partial charge on any atom is -0.394 e. The van der Waals surface area contributed by atoms with Crippen molar-refractivity contribution in [3.05, 3.63) is 0 Å². The van der Waals surface area contributed by atoms with Crippen LogP contribution in [0.25, 0.3) is 0 Å². The van der Waals surface area contributed by atoms with Crippen LogP contribution in [-0.2, 0) is 9.47 Å². The van der Waals surface area contributed by atoms with Gasteiger partial charge in [0.1, 0.15) is 24.4 Å². The van der Waals surface area contributed by atoms with E-state index in [1.165, 1.54) is 25.7 Å². The summed E-state index contributed by atoms with van der Waals surface area (Å²) in [6, 6.07) is 0. The highest BCUT2D eigenvalue weighted by molar-refractivity contribution is 4.88. The van der Waals surface area contributed by atoms with Crippen molar-refractivity contribution in [2.24, 2.45) is 0 Å². The van der Waals surface area contributed by atoms with Crippen LogP contribution in [0.3, 0.4) is 0 Å². The number of hydrogen-bond acceptors (Lipinski definition) is 5. The molecule has 1 aliphatic rings. The van der Waals surface area contributed by atoms with Crippen molar-refractivity contribution < 1.29 is 24.8 Å². The number of rotatable bonds is 10. The fourth-order valence-corrected chi connectivity index (χ4v) is 2.32. The smallest absolute Gasteiger partial charge is 0.114 e. The van der Waals surface area contributed by atoms with Gasteiger partial charge >= 0.3 is 0 Å². The zero-order chi connectivity index (χ0) is 14.1.